The fourth-order valence-electron chi connectivity index (χ4n) is 2.64. The smallest absolute Gasteiger partial charge is 0.312 e. The van der Waals surface area contributed by atoms with E-state index in [1.807, 2.05) is 0 Å². The van der Waals surface area contributed by atoms with Crippen molar-refractivity contribution in [2.75, 3.05) is 0 Å². The minimum atomic E-state index is -1.06. The summed E-state index contributed by atoms with van der Waals surface area (Å²) in [6, 6.07) is 0. The fraction of sp³-hybridized carbons (Fsp3) is 0.786. The molecule has 0 bridgehead atoms. The van der Waals surface area contributed by atoms with Gasteiger partial charge in [-0.3, -0.25) is 9.59 Å². The number of hydrogen-bond acceptors (Lipinski definition) is 3. The van der Waals surface area contributed by atoms with Gasteiger partial charge in [0.2, 0.25) is 0 Å². The molecular formula is C14H23NO3. The summed E-state index contributed by atoms with van der Waals surface area (Å²) >= 11 is 0. The number of nitrogens with one attached hydrogen (secondary N) is 1. The summed E-state index contributed by atoms with van der Waals surface area (Å²) in [7, 11) is 0. The van der Waals surface area contributed by atoms with Gasteiger partial charge in [0.15, 0.2) is 5.78 Å². The number of hydrogen-bond donors (Lipinski definition) is 2. The maximum Gasteiger partial charge on any atom is 0.312 e. The zero-order valence-corrected chi connectivity index (χ0v) is 11.1. The van der Waals surface area contributed by atoms with Crippen LogP contribution in [-0.2, 0) is 9.59 Å². The minimum Gasteiger partial charge on any atom is -0.481 e. The third-order valence-corrected chi connectivity index (χ3v) is 3.86. The van der Waals surface area contributed by atoms with E-state index < -0.39 is 11.9 Å². The summed E-state index contributed by atoms with van der Waals surface area (Å²) in [5, 5.41) is 16.6. The van der Waals surface area contributed by atoms with Gasteiger partial charge in [0, 0.05) is 6.42 Å². The van der Waals surface area contributed by atoms with Gasteiger partial charge in [0.1, 0.15) is 5.92 Å². The highest BCUT2D eigenvalue weighted by Crippen LogP contribution is 2.27. The van der Waals surface area contributed by atoms with E-state index in [1.54, 1.807) is 6.92 Å². The van der Waals surface area contributed by atoms with Crippen LogP contribution in [0.5, 0.6) is 0 Å². The summed E-state index contributed by atoms with van der Waals surface area (Å²) in [6.45, 7) is 1.70. The summed E-state index contributed by atoms with van der Waals surface area (Å²) in [4.78, 5) is 22.7. The quantitative estimate of drug-likeness (QED) is 0.684. The molecule has 1 rings (SSSR count). The van der Waals surface area contributed by atoms with Gasteiger partial charge in [0.25, 0.3) is 0 Å². The van der Waals surface area contributed by atoms with Crippen LogP contribution in [0, 0.1) is 17.2 Å². The largest absolute Gasteiger partial charge is 0.481 e. The molecule has 0 aromatic rings. The van der Waals surface area contributed by atoms with Crippen LogP contribution in [-0.4, -0.2) is 22.6 Å². The van der Waals surface area contributed by atoms with Crippen LogP contribution < -0.4 is 0 Å². The van der Waals surface area contributed by atoms with E-state index in [0.717, 1.165) is 6.42 Å². The number of carbonyl (C=O) groups is 2. The van der Waals surface area contributed by atoms with Crippen LogP contribution in [0.25, 0.3) is 0 Å². The standard InChI is InChI=1S/C14H23NO3/c1-2-11(14(17)18)13(15)12(16)9-8-10-6-4-3-5-7-10/h10-11,15H,2-9H2,1H3,(H,17,18)/t11-/m0/s1. The van der Waals surface area contributed by atoms with Gasteiger partial charge in [-0.05, 0) is 18.8 Å². The molecule has 0 amide bonds. The number of carbonyl (C=O) groups excluding carboxylic acids is 1. The number of Topliss-reactive ketones (excluding diaryl/α,β-unsaturated/α-hetero) is 1. The topological polar surface area (TPSA) is 78.2 Å². The van der Waals surface area contributed by atoms with Crippen molar-refractivity contribution in [1.29, 1.82) is 5.41 Å². The second kappa shape index (κ2) is 7.29. The van der Waals surface area contributed by atoms with Crippen molar-refractivity contribution in [3.05, 3.63) is 0 Å². The number of carboxylic acid groups (broad SMARTS) is 1. The van der Waals surface area contributed by atoms with E-state index in [4.69, 9.17) is 10.5 Å². The van der Waals surface area contributed by atoms with Crippen molar-refractivity contribution < 1.29 is 14.7 Å². The van der Waals surface area contributed by atoms with E-state index in [9.17, 15) is 9.59 Å². The van der Waals surface area contributed by atoms with E-state index in [1.165, 1.54) is 32.1 Å². The molecule has 1 aliphatic rings. The van der Waals surface area contributed by atoms with Crippen molar-refractivity contribution in [2.24, 2.45) is 11.8 Å². The lowest BCUT2D eigenvalue weighted by atomic mass is 9.84. The Morgan fingerprint density at radius 2 is 1.89 bits per heavy atom. The zero-order valence-electron chi connectivity index (χ0n) is 11.1. The molecule has 0 aromatic heterocycles. The van der Waals surface area contributed by atoms with E-state index in [-0.39, 0.29) is 11.5 Å². The van der Waals surface area contributed by atoms with Gasteiger partial charge in [-0.15, -0.1) is 0 Å². The molecule has 0 saturated heterocycles. The molecule has 0 heterocycles. The molecule has 4 heteroatoms. The second-order valence-electron chi connectivity index (χ2n) is 5.18. The van der Waals surface area contributed by atoms with Crippen LogP contribution in [0.2, 0.25) is 0 Å². The molecule has 0 unspecified atom stereocenters. The lowest BCUT2D eigenvalue weighted by Crippen LogP contribution is -2.29. The highest BCUT2D eigenvalue weighted by molar-refractivity contribution is 6.42. The summed E-state index contributed by atoms with van der Waals surface area (Å²) in [5.41, 5.74) is -0.221. The van der Waals surface area contributed by atoms with E-state index >= 15 is 0 Å². The normalized spacial score (nSPS) is 18.3. The highest BCUT2D eigenvalue weighted by atomic mass is 16.4. The number of rotatable bonds is 7. The molecule has 0 radical (unpaired) electrons. The molecule has 1 saturated carbocycles. The van der Waals surface area contributed by atoms with Crippen LogP contribution >= 0.6 is 0 Å². The predicted octanol–water partition coefficient (Wildman–Crippen LogP) is 3.05. The van der Waals surface area contributed by atoms with Gasteiger partial charge in [-0.1, -0.05) is 39.0 Å². The first-order valence-electron chi connectivity index (χ1n) is 6.90. The number of carboxylic acids is 1. The molecule has 1 atom stereocenters. The maximum absolute atomic E-state index is 11.8. The van der Waals surface area contributed by atoms with Gasteiger partial charge < -0.3 is 10.5 Å². The molecule has 0 spiro atoms. The first-order chi connectivity index (χ1) is 8.56. The maximum atomic E-state index is 11.8. The molecule has 1 aliphatic carbocycles. The average molecular weight is 253 g/mol. The van der Waals surface area contributed by atoms with Crippen LogP contribution in [0.15, 0.2) is 0 Å². The Morgan fingerprint density at radius 3 is 2.39 bits per heavy atom. The Labute approximate surface area is 108 Å². The molecular weight excluding hydrogens is 230 g/mol. The molecule has 102 valence electrons. The van der Waals surface area contributed by atoms with Crippen molar-refractivity contribution in [2.45, 2.75) is 58.3 Å². The average Bonchev–Trinajstić information content (AvgIpc) is 2.37. The van der Waals surface area contributed by atoms with Crippen molar-refractivity contribution in [3.63, 3.8) is 0 Å². The van der Waals surface area contributed by atoms with Crippen LogP contribution in [0.3, 0.4) is 0 Å². The first-order valence-corrected chi connectivity index (χ1v) is 6.90. The Bertz CT molecular complexity index is 319. The predicted molar refractivity (Wildman–Crippen MR) is 70.0 cm³/mol. The number of aliphatic carboxylic acids is 1. The minimum absolute atomic E-state index is 0.221. The molecule has 0 aromatic carbocycles. The molecule has 1 fully saturated rings. The highest BCUT2D eigenvalue weighted by Gasteiger charge is 2.26. The lowest BCUT2D eigenvalue weighted by Gasteiger charge is -2.21. The molecule has 2 N–H and O–H groups in total. The Balaban J connectivity index is 2.39. The number of ketones is 1. The lowest BCUT2D eigenvalue weighted by molar-refractivity contribution is -0.139. The van der Waals surface area contributed by atoms with Crippen molar-refractivity contribution in [1.82, 2.24) is 0 Å². The fourth-order valence-corrected chi connectivity index (χ4v) is 2.64. The van der Waals surface area contributed by atoms with E-state index in [2.05, 4.69) is 0 Å². The summed E-state index contributed by atoms with van der Waals surface area (Å²) in [5.74, 6) is -1.67. The Morgan fingerprint density at radius 1 is 1.28 bits per heavy atom. The van der Waals surface area contributed by atoms with Crippen molar-refractivity contribution >= 4 is 17.5 Å². The SMILES string of the molecule is CC[C@@H](C(=N)C(=O)CCC1CCCCC1)C(=O)O. The third kappa shape index (κ3) is 4.24. The van der Waals surface area contributed by atoms with Gasteiger partial charge in [-0.25, -0.2) is 0 Å². The van der Waals surface area contributed by atoms with Crippen molar-refractivity contribution in [3.8, 4) is 0 Å². The van der Waals surface area contributed by atoms with Gasteiger partial charge in [0.05, 0.1) is 5.71 Å². The van der Waals surface area contributed by atoms with Gasteiger partial charge >= 0.3 is 5.97 Å². The van der Waals surface area contributed by atoms with Gasteiger partial charge in [-0.2, -0.15) is 0 Å². The molecule has 0 aliphatic heterocycles. The zero-order chi connectivity index (χ0) is 13.5. The monoisotopic (exact) mass is 253 g/mol. The van der Waals surface area contributed by atoms with Crippen LogP contribution in [0.1, 0.15) is 58.3 Å². The second-order valence-corrected chi connectivity index (χ2v) is 5.18. The molecule has 18 heavy (non-hydrogen) atoms. The first kappa shape index (κ1) is 14.9. The third-order valence-electron chi connectivity index (χ3n) is 3.86. The Kier molecular flexibility index (Phi) is 6.02. The Hall–Kier alpha value is -1.19. The summed E-state index contributed by atoms with van der Waals surface area (Å²) in [6.07, 6.45) is 7.59. The van der Waals surface area contributed by atoms with E-state index in [0.29, 0.717) is 18.8 Å². The van der Waals surface area contributed by atoms with Crippen LogP contribution in [0.4, 0.5) is 0 Å². The summed E-state index contributed by atoms with van der Waals surface area (Å²) < 4.78 is 0. The molecule has 4 nitrogen and oxygen atoms in total.